The number of pyridine rings is 1. The molecule has 3 aromatic heterocycles. The van der Waals surface area contributed by atoms with Crippen LogP contribution in [0.3, 0.4) is 0 Å². The number of alkyl halides is 2. The van der Waals surface area contributed by atoms with E-state index in [0.717, 1.165) is 26.5 Å². The van der Waals surface area contributed by atoms with E-state index in [0.29, 0.717) is 29.2 Å². The number of rotatable bonds is 7. The normalized spacial score (nSPS) is 16.5. The van der Waals surface area contributed by atoms with Crippen molar-refractivity contribution in [2.45, 2.75) is 39.0 Å². The average molecular weight is 522 g/mol. The van der Waals surface area contributed by atoms with Crippen LogP contribution < -0.4 is 10.1 Å². The summed E-state index contributed by atoms with van der Waals surface area (Å²) in [4.78, 5) is 8.99. The lowest BCUT2D eigenvalue weighted by Crippen LogP contribution is -2.20. The molecule has 1 aliphatic rings. The summed E-state index contributed by atoms with van der Waals surface area (Å²) in [5.74, 6) is 1.20. The number of benzene rings is 2. The Morgan fingerprint density at radius 3 is 2.84 bits per heavy atom. The van der Waals surface area contributed by atoms with Crippen LogP contribution >= 0.6 is 11.3 Å². The van der Waals surface area contributed by atoms with Gasteiger partial charge >= 0.3 is 0 Å². The molecule has 2 atom stereocenters. The van der Waals surface area contributed by atoms with E-state index in [2.05, 4.69) is 20.4 Å². The molecule has 10 heteroatoms. The third-order valence-corrected chi connectivity index (χ3v) is 7.01. The molecule has 2 aromatic carbocycles. The number of nitrogens with one attached hydrogen (secondary N) is 1. The standard InChI is InChI=1S/C26H21F2N5O2S.CH4/c27-24(28)14-33-13-16(12-30-33)21-10-18(7-8-29-21)35-17-5-6-20-23(11-17)36-26(31-20)32-25-19-4-2-1-3-15(19)9-22(25)34;/h1-8,10-13,22,24-25,34H,9,14H2,(H,31,32);1H4/t22-,25+;/m0./s1. The van der Waals surface area contributed by atoms with E-state index in [9.17, 15) is 13.9 Å². The van der Waals surface area contributed by atoms with Crippen LogP contribution in [0, 0.1) is 0 Å². The van der Waals surface area contributed by atoms with E-state index < -0.39 is 19.1 Å². The predicted molar refractivity (Wildman–Crippen MR) is 140 cm³/mol. The highest BCUT2D eigenvalue weighted by Gasteiger charge is 2.31. The van der Waals surface area contributed by atoms with Crippen molar-refractivity contribution in [3.8, 4) is 22.8 Å². The second kappa shape index (κ2) is 10.2. The molecule has 2 N–H and O–H groups in total. The Bertz CT molecular complexity index is 1540. The topological polar surface area (TPSA) is 85.1 Å². The molecule has 0 bridgehead atoms. The van der Waals surface area contributed by atoms with Gasteiger partial charge in [0.05, 0.1) is 34.3 Å². The minimum absolute atomic E-state index is 0. The maximum atomic E-state index is 12.6. The molecule has 190 valence electrons. The number of aromatic nitrogens is 4. The Labute approximate surface area is 216 Å². The largest absolute Gasteiger partial charge is 0.457 e. The van der Waals surface area contributed by atoms with Crippen LogP contribution in [0.1, 0.15) is 24.6 Å². The summed E-state index contributed by atoms with van der Waals surface area (Å²) in [6.07, 6.45) is 2.29. The fourth-order valence-electron chi connectivity index (χ4n) is 4.42. The van der Waals surface area contributed by atoms with Gasteiger partial charge < -0.3 is 15.2 Å². The number of nitrogens with zero attached hydrogens (tertiary/aromatic N) is 4. The Morgan fingerprint density at radius 1 is 1.14 bits per heavy atom. The monoisotopic (exact) mass is 521 g/mol. The Morgan fingerprint density at radius 2 is 1.97 bits per heavy atom. The van der Waals surface area contributed by atoms with Gasteiger partial charge in [-0.15, -0.1) is 0 Å². The van der Waals surface area contributed by atoms with Crippen molar-refractivity contribution in [2.24, 2.45) is 0 Å². The number of fused-ring (bicyclic) bond motifs is 2. The minimum Gasteiger partial charge on any atom is -0.457 e. The molecule has 6 rings (SSSR count). The molecular formula is C27H25F2N5O2S. The summed E-state index contributed by atoms with van der Waals surface area (Å²) in [5, 5.41) is 18.6. The molecule has 0 radical (unpaired) electrons. The molecule has 0 unspecified atom stereocenters. The first-order valence-corrected chi connectivity index (χ1v) is 12.2. The van der Waals surface area contributed by atoms with Gasteiger partial charge in [-0.1, -0.05) is 43.0 Å². The fraction of sp³-hybridized carbons (Fsp3) is 0.222. The van der Waals surface area contributed by atoms with Crippen molar-refractivity contribution >= 4 is 26.7 Å². The molecule has 5 aromatic rings. The van der Waals surface area contributed by atoms with E-state index in [1.165, 1.54) is 28.4 Å². The van der Waals surface area contributed by atoms with Crippen LogP contribution in [0.4, 0.5) is 13.9 Å². The third kappa shape index (κ3) is 5.16. The summed E-state index contributed by atoms with van der Waals surface area (Å²) in [7, 11) is 0. The summed E-state index contributed by atoms with van der Waals surface area (Å²) >= 11 is 1.50. The van der Waals surface area contributed by atoms with Crippen LogP contribution in [-0.4, -0.2) is 37.4 Å². The number of hydrogen-bond acceptors (Lipinski definition) is 7. The number of aliphatic hydroxyl groups excluding tert-OH is 1. The Kier molecular flexibility index (Phi) is 6.86. The van der Waals surface area contributed by atoms with Crippen LogP contribution in [0.5, 0.6) is 11.5 Å². The summed E-state index contributed by atoms with van der Waals surface area (Å²) in [6.45, 7) is -0.464. The van der Waals surface area contributed by atoms with Crippen LogP contribution in [-0.2, 0) is 13.0 Å². The summed E-state index contributed by atoms with van der Waals surface area (Å²) in [6, 6.07) is 17.0. The molecule has 0 fully saturated rings. The van der Waals surface area contributed by atoms with Gasteiger partial charge in [-0.05, 0) is 29.3 Å². The smallest absolute Gasteiger partial charge is 0.257 e. The highest BCUT2D eigenvalue weighted by molar-refractivity contribution is 7.22. The number of hydrogen-bond donors (Lipinski definition) is 2. The SMILES string of the molecule is C.O[C@H]1Cc2ccccc2[C@H]1Nc1nc2ccc(Oc3ccnc(-c4cnn(CC(F)F)c4)c3)cc2s1. The maximum absolute atomic E-state index is 12.6. The van der Waals surface area contributed by atoms with Crippen molar-refractivity contribution in [3.05, 3.63) is 84.3 Å². The van der Waals surface area contributed by atoms with Gasteiger partial charge in [-0.2, -0.15) is 5.10 Å². The first-order chi connectivity index (χ1) is 17.5. The zero-order valence-corrected chi connectivity index (χ0v) is 19.7. The number of thiazole rings is 1. The second-order valence-electron chi connectivity index (χ2n) is 8.56. The van der Waals surface area contributed by atoms with Crippen molar-refractivity contribution in [2.75, 3.05) is 5.32 Å². The molecule has 0 spiro atoms. The number of aliphatic hydroxyl groups is 1. The van der Waals surface area contributed by atoms with E-state index >= 15 is 0 Å². The summed E-state index contributed by atoms with van der Waals surface area (Å²) in [5.41, 5.74) is 4.29. The van der Waals surface area contributed by atoms with Crippen LogP contribution in [0.2, 0.25) is 0 Å². The van der Waals surface area contributed by atoms with Crippen molar-refractivity contribution in [3.63, 3.8) is 0 Å². The van der Waals surface area contributed by atoms with Crippen LogP contribution in [0.25, 0.3) is 21.5 Å². The maximum Gasteiger partial charge on any atom is 0.257 e. The van der Waals surface area contributed by atoms with E-state index in [4.69, 9.17) is 4.74 Å². The quantitative estimate of drug-likeness (QED) is 0.261. The number of ether oxygens (including phenoxy) is 1. The Balaban J connectivity index is 0.00000280. The van der Waals surface area contributed by atoms with E-state index in [-0.39, 0.29) is 13.5 Å². The zero-order chi connectivity index (χ0) is 24.6. The van der Waals surface area contributed by atoms with Crippen LogP contribution in [0.15, 0.2) is 73.2 Å². The van der Waals surface area contributed by atoms with Gasteiger partial charge in [0, 0.05) is 36.5 Å². The second-order valence-corrected chi connectivity index (χ2v) is 9.59. The molecular weight excluding hydrogens is 496 g/mol. The molecule has 0 amide bonds. The zero-order valence-electron chi connectivity index (χ0n) is 18.9. The molecule has 0 aliphatic heterocycles. The van der Waals surface area contributed by atoms with Crippen molar-refractivity contribution in [1.29, 1.82) is 0 Å². The summed E-state index contributed by atoms with van der Waals surface area (Å²) < 4.78 is 33.4. The van der Waals surface area contributed by atoms with Crippen molar-refractivity contribution in [1.82, 2.24) is 19.7 Å². The molecule has 37 heavy (non-hydrogen) atoms. The third-order valence-electron chi connectivity index (χ3n) is 6.06. The predicted octanol–water partition coefficient (Wildman–Crippen LogP) is 6.32. The highest BCUT2D eigenvalue weighted by atomic mass is 32.1. The lowest BCUT2D eigenvalue weighted by molar-refractivity contribution is 0.122. The number of anilines is 1. The van der Waals surface area contributed by atoms with Gasteiger partial charge in [0.25, 0.3) is 6.43 Å². The molecule has 0 saturated heterocycles. The number of halogens is 2. The van der Waals surface area contributed by atoms with Gasteiger partial charge in [0.2, 0.25) is 0 Å². The fourth-order valence-corrected chi connectivity index (χ4v) is 5.35. The van der Waals surface area contributed by atoms with Gasteiger partial charge in [0.15, 0.2) is 5.13 Å². The molecule has 3 heterocycles. The highest BCUT2D eigenvalue weighted by Crippen LogP contribution is 2.37. The lowest BCUT2D eigenvalue weighted by Gasteiger charge is -2.16. The minimum atomic E-state index is -2.48. The lowest BCUT2D eigenvalue weighted by atomic mass is 10.1. The van der Waals surface area contributed by atoms with Gasteiger partial charge in [-0.3, -0.25) is 9.67 Å². The first-order valence-electron chi connectivity index (χ1n) is 11.4. The molecule has 1 aliphatic carbocycles. The molecule has 7 nitrogen and oxygen atoms in total. The molecule has 0 saturated carbocycles. The first kappa shape index (κ1) is 24.8. The van der Waals surface area contributed by atoms with Crippen molar-refractivity contribution < 1.29 is 18.6 Å². The van der Waals surface area contributed by atoms with E-state index in [1.54, 1.807) is 18.3 Å². The Hall–Kier alpha value is -3.89. The average Bonchev–Trinajstić information content (AvgIpc) is 3.56. The van der Waals surface area contributed by atoms with Gasteiger partial charge in [-0.25, -0.2) is 13.8 Å². The van der Waals surface area contributed by atoms with Gasteiger partial charge in [0.1, 0.15) is 18.0 Å². The van der Waals surface area contributed by atoms with E-state index in [1.807, 2.05) is 42.5 Å².